The maximum atomic E-state index is 5.82. The third-order valence-electron chi connectivity index (χ3n) is 5.44. The van der Waals surface area contributed by atoms with Gasteiger partial charge in [-0.1, -0.05) is 11.2 Å². The van der Waals surface area contributed by atoms with Crippen LogP contribution < -0.4 is 14.8 Å². The van der Waals surface area contributed by atoms with E-state index in [1.807, 2.05) is 55.5 Å². The van der Waals surface area contributed by atoms with Gasteiger partial charge in [0.05, 0.1) is 25.0 Å². The Morgan fingerprint density at radius 3 is 2.91 bits per heavy atom. The van der Waals surface area contributed by atoms with Crippen molar-refractivity contribution < 1.29 is 14.0 Å². The summed E-state index contributed by atoms with van der Waals surface area (Å²) in [5, 5.41) is 20.1. The summed E-state index contributed by atoms with van der Waals surface area (Å²) >= 11 is 0. The van der Waals surface area contributed by atoms with Gasteiger partial charge < -0.3 is 19.3 Å². The van der Waals surface area contributed by atoms with Crippen LogP contribution >= 0.6 is 0 Å². The SMILES string of the molecule is COc1cc(C)ccc1OCc1nc(-c2cnc3ccc(Nc4ccc5[nH]ncc5c4)nn23)no1. The number of benzene rings is 2. The van der Waals surface area contributed by atoms with Gasteiger partial charge in [0.1, 0.15) is 5.69 Å². The van der Waals surface area contributed by atoms with Crippen molar-refractivity contribution in [2.45, 2.75) is 13.5 Å². The van der Waals surface area contributed by atoms with E-state index in [1.54, 1.807) is 24.0 Å². The summed E-state index contributed by atoms with van der Waals surface area (Å²) in [6.07, 6.45) is 3.43. The predicted octanol–water partition coefficient (Wildman–Crippen LogP) is 4.30. The third kappa shape index (κ3) is 3.99. The summed E-state index contributed by atoms with van der Waals surface area (Å²) in [6.45, 7) is 2.08. The van der Waals surface area contributed by atoms with E-state index >= 15 is 0 Å². The number of imidazole rings is 1. The number of anilines is 2. The highest BCUT2D eigenvalue weighted by molar-refractivity contribution is 5.82. The van der Waals surface area contributed by atoms with Crippen LogP contribution in [0.5, 0.6) is 11.5 Å². The molecule has 2 N–H and O–H groups in total. The molecule has 11 nitrogen and oxygen atoms in total. The normalized spacial score (nSPS) is 11.3. The number of aryl methyl sites for hydroxylation is 1. The zero-order valence-corrected chi connectivity index (χ0v) is 18.9. The number of hydrogen-bond acceptors (Lipinski definition) is 9. The Morgan fingerprint density at radius 2 is 2.00 bits per heavy atom. The van der Waals surface area contributed by atoms with Crippen molar-refractivity contribution in [1.29, 1.82) is 0 Å². The number of ether oxygens (including phenoxy) is 2. The standard InChI is InChI=1S/C24H20N8O3/c1-14-3-6-19(20(9-14)33-2)34-13-23-28-24(31-35-23)18-12-25-22-8-7-21(30-32(18)22)27-16-4-5-17-15(10-16)11-26-29-17/h3-12H,13H2,1-2H3,(H,26,29)(H,27,30). The van der Waals surface area contributed by atoms with Crippen molar-refractivity contribution in [3.63, 3.8) is 0 Å². The molecule has 0 aliphatic heterocycles. The summed E-state index contributed by atoms with van der Waals surface area (Å²) in [6, 6.07) is 15.3. The predicted molar refractivity (Wildman–Crippen MR) is 128 cm³/mol. The molecule has 0 saturated heterocycles. The Morgan fingerprint density at radius 1 is 1.06 bits per heavy atom. The molecule has 0 bridgehead atoms. The molecule has 0 fully saturated rings. The van der Waals surface area contributed by atoms with Crippen LogP contribution in [0.2, 0.25) is 0 Å². The van der Waals surface area contributed by atoms with Crippen LogP contribution in [0.15, 0.2) is 65.4 Å². The van der Waals surface area contributed by atoms with E-state index in [0.29, 0.717) is 40.4 Å². The first-order valence-electron chi connectivity index (χ1n) is 10.8. The number of H-pyrrole nitrogens is 1. The minimum absolute atomic E-state index is 0.0971. The van der Waals surface area contributed by atoms with E-state index in [4.69, 9.17) is 14.0 Å². The number of rotatable bonds is 7. The summed E-state index contributed by atoms with van der Waals surface area (Å²) < 4.78 is 18.3. The largest absolute Gasteiger partial charge is 0.493 e. The van der Waals surface area contributed by atoms with E-state index < -0.39 is 0 Å². The molecule has 35 heavy (non-hydrogen) atoms. The molecule has 6 aromatic rings. The van der Waals surface area contributed by atoms with Crippen molar-refractivity contribution in [2.24, 2.45) is 0 Å². The Labute approximate surface area is 198 Å². The lowest BCUT2D eigenvalue weighted by Crippen LogP contribution is -2.01. The number of nitrogens with one attached hydrogen (secondary N) is 2. The van der Waals surface area contributed by atoms with Crippen molar-refractivity contribution in [2.75, 3.05) is 12.4 Å². The lowest BCUT2D eigenvalue weighted by Gasteiger charge is -2.09. The van der Waals surface area contributed by atoms with Gasteiger partial charge >= 0.3 is 0 Å². The van der Waals surface area contributed by atoms with E-state index in [-0.39, 0.29) is 6.61 Å². The second kappa shape index (κ2) is 8.45. The molecule has 0 aliphatic carbocycles. The van der Waals surface area contributed by atoms with Gasteiger partial charge in [0.25, 0.3) is 5.89 Å². The van der Waals surface area contributed by atoms with Gasteiger partial charge in [-0.05, 0) is 55.0 Å². The lowest BCUT2D eigenvalue weighted by molar-refractivity contribution is 0.233. The second-order valence-corrected chi connectivity index (χ2v) is 7.88. The third-order valence-corrected chi connectivity index (χ3v) is 5.44. The molecule has 0 unspecified atom stereocenters. The maximum Gasteiger partial charge on any atom is 0.264 e. The molecule has 4 aromatic heterocycles. The van der Waals surface area contributed by atoms with Crippen LogP contribution in [0.3, 0.4) is 0 Å². The fraction of sp³-hybridized carbons (Fsp3) is 0.125. The first-order valence-corrected chi connectivity index (χ1v) is 10.8. The molecule has 0 saturated carbocycles. The minimum Gasteiger partial charge on any atom is -0.493 e. The van der Waals surface area contributed by atoms with Crippen molar-refractivity contribution in [3.8, 4) is 23.0 Å². The fourth-order valence-corrected chi connectivity index (χ4v) is 3.71. The number of nitrogens with zero attached hydrogens (tertiary/aromatic N) is 6. The highest BCUT2D eigenvalue weighted by Gasteiger charge is 2.16. The van der Waals surface area contributed by atoms with Gasteiger partial charge in [0.2, 0.25) is 5.82 Å². The molecular weight excluding hydrogens is 448 g/mol. The quantitative estimate of drug-likeness (QED) is 0.352. The fourth-order valence-electron chi connectivity index (χ4n) is 3.71. The first-order chi connectivity index (χ1) is 17.2. The molecular formula is C24H20N8O3. The lowest BCUT2D eigenvalue weighted by atomic mass is 10.2. The maximum absolute atomic E-state index is 5.82. The van der Waals surface area contributed by atoms with Crippen LogP contribution in [0.25, 0.3) is 28.1 Å². The van der Waals surface area contributed by atoms with Crippen molar-refractivity contribution in [1.82, 2.24) is 34.9 Å². The number of fused-ring (bicyclic) bond motifs is 2. The Bertz CT molecular complexity index is 1650. The molecule has 0 atom stereocenters. The molecule has 11 heteroatoms. The van der Waals surface area contributed by atoms with Gasteiger partial charge in [-0.15, -0.1) is 5.10 Å². The van der Waals surface area contributed by atoms with Gasteiger partial charge in [-0.3, -0.25) is 5.10 Å². The summed E-state index contributed by atoms with van der Waals surface area (Å²) in [4.78, 5) is 8.86. The van der Waals surface area contributed by atoms with Crippen molar-refractivity contribution >= 4 is 28.1 Å². The van der Waals surface area contributed by atoms with Crippen LogP contribution in [-0.4, -0.2) is 42.0 Å². The van der Waals surface area contributed by atoms with E-state index in [9.17, 15) is 0 Å². The van der Waals surface area contributed by atoms with Gasteiger partial charge in [-0.25, -0.2) is 9.50 Å². The van der Waals surface area contributed by atoms with Crippen molar-refractivity contribution in [3.05, 3.63) is 72.4 Å². The second-order valence-electron chi connectivity index (χ2n) is 7.88. The van der Waals surface area contributed by atoms with Crippen LogP contribution in [0.1, 0.15) is 11.5 Å². The number of aromatic amines is 1. The molecule has 0 amide bonds. The van der Waals surface area contributed by atoms with E-state index in [2.05, 4.69) is 35.7 Å². The summed E-state index contributed by atoms with van der Waals surface area (Å²) in [5.41, 5.74) is 4.18. The zero-order valence-electron chi connectivity index (χ0n) is 18.9. The summed E-state index contributed by atoms with van der Waals surface area (Å²) in [5.74, 6) is 2.55. The van der Waals surface area contributed by atoms with E-state index in [1.165, 1.54) is 0 Å². The smallest absolute Gasteiger partial charge is 0.264 e. The molecule has 6 rings (SSSR count). The molecule has 4 heterocycles. The van der Waals surface area contributed by atoms with Crippen LogP contribution in [-0.2, 0) is 6.61 Å². The number of hydrogen-bond donors (Lipinski definition) is 2. The Kier molecular flexibility index (Phi) is 4.99. The minimum atomic E-state index is 0.0971. The average Bonchev–Trinajstić information content (AvgIpc) is 3.62. The molecule has 0 radical (unpaired) electrons. The highest BCUT2D eigenvalue weighted by Crippen LogP contribution is 2.29. The molecule has 174 valence electrons. The topological polar surface area (TPSA) is 128 Å². The average molecular weight is 468 g/mol. The van der Waals surface area contributed by atoms with Crippen LogP contribution in [0.4, 0.5) is 11.5 Å². The first kappa shape index (κ1) is 20.7. The molecule has 2 aromatic carbocycles. The highest BCUT2D eigenvalue weighted by atomic mass is 16.5. The zero-order chi connectivity index (χ0) is 23.8. The Balaban J connectivity index is 1.23. The van der Waals surface area contributed by atoms with Gasteiger partial charge in [0, 0.05) is 11.1 Å². The number of methoxy groups -OCH3 is 1. The molecule has 0 spiro atoms. The van der Waals surface area contributed by atoms with Crippen LogP contribution in [0, 0.1) is 6.92 Å². The summed E-state index contributed by atoms with van der Waals surface area (Å²) in [7, 11) is 1.60. The van der Waals surface area contributed by atoms with E-state index in [0.717, 1.165) is 22.2 Å². The molecule has 0 aliphatic rings. The van der Waals surface area contributed by atoms with Gasteiger partial charge in [0.15, 0.2) is 29.6 Å². The van der Waals surface area contributed by atoms with Gasteiger partial charge in [-0.2, -0.15) is 10.1 Å². The monoisotopic (exact) mass is 468 g/mol. The Hall–Kier alpha value is -4.93. The number of aromatic nitrogens is 7.